The highest BCUT2D eigenvalue weighted by atomic mass is 16.5. The number of carbonyl (C=O) groups excluding carboxylic acids is 1. The van der Waals surface area contributed by atoms with Crippen LogP contribution < -0.4 is 14.8 Å². The van der Waals surface area contributed by atoms with Crippen molar-refractivity contribution in [1.82, 2.24) is 5.32 Å². The maximum Gasteiger partial charge on any atom is 0.255 e. The van der Waals surface area contributed by atoms with Crippen molar-refractivity contribution in [2.75, 3.05) is 14.2 Å². The van der Waals surface area contributed by atoms with Crippen LogP contribution in [0.1, 0.15) is 34.5 Å². The number of hydrogen-bond acceptors (Lipinski definition) is 3. The van der Waals surface area contributed by atoms with Gasteiger partial charge in [-0.15, -0.1) is 0 Å². The molecule has 2 rings (SSSR count). The van der Waals surface area contributed by atoms with Gasteiger partial charge in [-0.05, 0) is 37.1 Å². The van der Waals surface area contributed by atoms with Crippen molar-refractivity contribution in [2.45, 2.75) is 19.9 Å². The van der Waals surface area contributed by atoms with Gasteiger partial charge in [0.25, 0.3) is 5.91 Å². The Kier molecular flexibility index (Phi) is 5.04. The number of nitrogens with one attached hydrogen (secondary N) is 1. The third kappa shape index (κ3) is 3.39. The molecule has 0 heterocycles. The number of aryl methyl sites for hydroxylation is 1. The molecule has 0 saturated heterocycles. The fourth-order valence-corrected chi connectivity index (χ4v) is 2.33. The summed E-state index contributed by atoms with van der Waals surface area (Å²) in [5, 5.41) is 2.98. The number of rotatable bonds is 5. The summed E-state index contributed by atoms with van der Waals surface area (Å²) in [7, 11) is 3.14. The van der Waals surface area contributed by atoms with Crippen LogP contribution >= 0.6 is 0 Å². The molecule has 1 atom stereocenters. The summed E-state index contributed by atoms with van der Waals surface area (Å²) in [4.78, 5) is 12.5. The zero-order chi connectivity index (χ0) is 16.1. The van der Waals surface area contributed by atoms with Crippen LogP contribution in [0.15, 0.2) is 42.5 Å². The summed E-state index contributed by atoms with van der Waals surface area (Å²) in [6.45, 7) is 3.86. The third-order valence-corrected chi connectivity index (χ3v) is 3.61. The Hall–Kier alpha value is -2.49. The van der Waals surface area contributed by atoms with E-state index in [1.165, 1.54) is 0 Å². The second kappa shape index (κ2) is 6.98. The first-order valence-corrected chi connectivity index (χ1v) is 7.15. The van der Waals surface area contributed by atoms with Crippen LogP contribution in [-0.4, -0.2) is 20.1 Å². The Morgan fingerprint density at radius 1 is 1.05 bits per heavy atom. The Labute approximate surface area is 131 Å². The summed E-state index contributed by atoms with van der Waals surface area (Å²) < 4.78 is 10.6. The lowest BCUT2D eigenvalue weighted by Gasteiger charge is -2.17. The van der Waals surface area contributed by atoms with Gasteiger partial charge in [0.1, 0.15) is 11.5 Å². The minimum absolute atomic E-state index is 0.0919. The molecule has 1 amide bonds. The van der Waals surface area contributed by atoms with Gasteiger partial charge in [-0.3, -0.25) is 4.79 Å². The number of benzene rings is 2. The quantitative estimate of drug-likeness (QED) is 0.919. The van der Waals surface area contributed by atoms with E-state index in [9.17, 15) is 4.79 Å². The molecular weight excluding hydrogens is 278 g/mol. The van der Waals surface area contributed by atoms with Gasteiger partial charge in [0, 0.05) is 0 Å². The van der Waals surface area contributed by atoms with Crippen molar-refractivity contribution in [2.24, 2.45) is 0 Å². The minimum Gasteiger partial charge on any atom is -0.496 e. The van der Waals surface area contributed by atoms with E-state index in [1.807, 2.05) is 44.2 Å². The molecule has 2 aromatic carbocycles. The van der Waals surface area contributed by atoms with E-state index in [0.29, 0.717) is 17.1 Å². The molecular formula is C18H21NO3. The van der Waals surface area contributed by atoms with Crippen molar-refractivity contribution in [3.63, 3.8) is 0 Å². The summed E-state index contributed by atoms with van der Waals surface area (Å²) in [5.74, 6) is 1.01. The summed E-state index contributed by atoms with van der Waals surface area (Å²) in [5.41, 5.74) is 2.44. The second-order valence-corrected chi connectivity index (χ2v) is 5.13. The molecule has 0 saturated carbocycles. The van der Waals surface area contributed by atoms with Gasteiger partial charge in [-0.1, -0.05) is 30.3 Å². The Morgan fingerprint density at radius 2 is 1.68 bits per heavy atom. The van der Waals surface area contributed by atoms with Crippen LogP contribution in [0.5, 0.6) is 11.5 Å². The van der Waals surface area contributed by atoms with Crippen molar-refractivity contribution in [3.8, 4) is 11.5 Å². The number of ether oxygens (including phenoxy) is 2. The molecule has 0 bridgehead atoms. The van der Waals surface area contributed by atoms with E-state index in [2.05, 4.69) is 5.32 Å². The van der Waals surface area contributed by atoms with Crippen LogP contribution in [0.3, 0.4) is 0 Å². The zero-order valence-corrected chi connectivity index (χ0v) is 13.3. The molecule has 0 fully saturated rings. The average Bonchev–Trinajstić information content (AvgIpc) is 2.55. The predicted molar refractivity (Wildman–Crippen MR) is 86.6 cm³/mol. The molecule has 4 nitrogen and oxygen atoms in total. The lowest BCUT2D eigenvalue weighted by molar-refractivity contribution is 0.0936. The fraction of sp³-hybridized carbons (Fsp3) is 0.278. The van der Waals surface area contributed by atoms with Crippen molar-refractivity contribution in [3.05, 3.63) is 59.2 Å². The zero-order valence-electron chi connectivity index (χ0n) is 13.3. The number of methoxy groups -OCH3 is 2. The summed E-state index contributed by atoms with van der Waals surface area (Å²) in [6, 6.07) is 13.2. The first kappa shape index (κ1) is 15.9. The molecule has 4 heteroatoms. The third-order valence-electron chi connectivity index (χ3n) is 3.61. The predicted octanol–water partition coefficient (Wildman–Crippen LogP) is 3.50. The highest BCUT2D eigenvalue weighted by molar-refractivity contribution is 5.97. The normalized spacial score (nSPS) is 11.6. The van der Waals surface area contributed by atoms with E-state index in [4.69, 9.17) is 9.47 Å². The van der Waals surface area contributed by atoms with Crippen LogP contribution in [0.25, 0.3) is 0 Å². The first-order valence-electron chi connectivity index (χ1n) is 7.15. The maximum atomic E-state index is 12.5. The Bertz CT molecular complexity index is 653. The van der Waals surface area contributed by atoms with Crippen molar-refractivity contribution in [1.29, 1.82) is 0 Å². The molecule has 0 spiro atoms. The summed E-state index contributed by atoms with van der Waals surface area (Å²) >= 11 is 0. The number of amides is 1. The molecule has 1 unspecified atom stereocenters. The van der Waals surface area contributed by atoms with Gasteiger partial charge in [-0.2, -0.15) is 0 Å². The van der Waals surface area contributed by atoms with Gasteiger partial charge in [0.15, 0.2) is 0 Å². The second-order valence-electron chi connectivity index (χ2n) is 5.13. The smallest absolute Gasteiger partial charge is 0.255 e. The SMILES string of the molecule is COc1cc(C(=O)NC(C)c2ccccc2)c(OC)cc1C. The monoisotopic (exact) mass is 299 g/mol. The van der Waals surface area contributed by atoms with Gasteiger partial charge in [0.05, 0.1) is 25.8 Å². The summed E-state index contributed by atoms with van der Waals surface area (Å²) in [6.07, 6.45) is 0. The van der Waals surface area contributed by atoms with Crippen LogP contribution in [-0.2, 0) is 0 Å². The van der Waals surface area contributed by atoms with Gasteiger partial charge in [0.2, 0.25) is 0 Å². The van der Waals surface area contributed by atoms with Crippen molar-refractivity contribution < 1.29 is 14.3 Å². The molecule has 0 aliphatic rings. The molecule has 2 aromatic rings. The number of hydrogen-bond donors (Lipinski definition) is 1. The lowest BCUT2D eigenvalue weighted by atomic mass is 10.1. The Morgan fingerprint density at radius 3 is 2.27 bits per heavy atom. The van der Waals surface area contributed by atoms with Crippen LogP contribution in [0, 0.1) is 6.92 Å². The Balaban J connectivity index is 2.25. The lowest BCUT2D eigenvalue weighted by Crippen LogP contribution is -2.27. The highest BCUT2D eigenvalue weighted by Crippen LogP contribution is 2.28. The standard InChI is InChI=1S/C18H21NO3/c1-12-10-17(22-4)15(11-16(12)21-3)18(20)19-13(2)14-8-6-5-7-9-14/h5-11,13H,1-4H3,(H,19,20). The van der Waals surface area contributed by atoms with E-state index < -0.39 is 0 Å². The van der Waals surface area contributed by atoms with E-state index >= 15 is 0 Å². The van der Waals surface area contributed by atoms with Gasteiger partial charge < -0.3 is 14.8 Å². The van der Waals surface area contributed by atoms with Crippen molar-refractivity contribution >= 4 is 5.91 Å². The molecule has 0 aliphatic carbocycles. The largest absolute Gasteiger partial charge is 0.496 e. The molecule has 22 heavy (non-hydrogen) atoms. The topological polar surface area (TPSA) is 47.6 Å². The minimum atomic E-state index is -0.188. The van der Waals surface area contributed by atoms with Crippen LogP contribution in [0.4, 0.5) is 0 Å². The molecule has 0 aliphatic heterocycles. The van der Waals surface area contributed by atoms with Crippen LogP contribution in [0.2, 0.25) is 0 Å². The average molecular weight is 299 g/mol. The first-order chi connectivity index (χ1) is 10.6. The maximum absolute atomic E-state index is 12.5. The van der Waals surface area contributed by atoms with Gasteiger partial charge >= 0.3 is 0 Å². The van der Waals surface area contributed by atoms with E-state index in [-0.39, 0.29) is 11.9 Å². The fourth-order valence-electron chi connectivity index (χ4n) is 2.33. The molecule has 0 aromatic heterocycles. The molecule has 116 valence electrons. The molecule has 1 N–H and O–H groups in total. The molecule has 0 radical (unpaired) electrons. The highest BCUT2D eigenvalue weighted by Gasteiger charge is 2.17. The number of carbonyl (C=O) groups is 1. The van der Waals surface area contributed by atoms with E-state index in [1.54, 1.807) is 26.4 Å². The van der Waals surface area contributed by atoms with Gasteiger partial charge in [-0.25, -0.2) is 0 Å². The van der Waals surface area contributed by atoms with E-state index in [0.717, 1.165) is 11.1 Å².